The first-order valence-electron chi connectivity index (χ1n) is 7.90. The number of aromatic nitrogens is 1. The summed E-state index contributed by atoms with van der Waals surface area (Å²) in [5.41, 5.74) is 1.03. The molecule has 0 aromatic carbocycles. The Morgan fingerprint density at radius 1 is 1.38 bits per heavy atom. The van der Waals surface area contributed by atoms with Crippen LogP contribution in [0.4, 0.5) is 0 Å². The van der Waals surface area contributed by atoms with Crippen molar-refractivity contribution in [1.82, 2.24) is 14.2 Å². The maximum absolute atomic E-state index is 12.9. The first kappa shape index (κ1) is 16.5. The predicted molar refractivity (Wildman–Crippen MR) is 84.7 cm³/mol. The molecule has 1 aromatic rings. The zero-order valence-electron chi connectivity index (χ0n) is 13.3. The van der Waals surface area contributed by atoms with Crippen LogP contribution in [0.5, 0.6) is 0 Å². The van der Waals surface area contributed by atoms with Crippen LogP contribution >= 0.6 is 0 Å². The lowest BCUT2D eigenvalue weighted by atomic mass is 10.2. The van der Waals surface area contributed by atoms with E-state index in [-0.39, 0.29) is 6.04 Å². The Morgan fingerprint density at radius 2 is 2.14 bits per heavy atom. The van der Waals surface area contributed by atoms with E-state index in [2.05, 4.69) is 23.7 Å². The number of hydrogen-bond donors (Lipinski definition) is 1. The van der Waals surface area contributed by atoms with E-state index in [1.807, 2.05) is 13.1 Å². The minimum Gasteiger partial charge on any atom is -0.349 e. The fraction of sp³-hybridized carbons (Fsp3) is 0.733. The van der Waals surface area contributed by atoms with Crippen molar-refractivity contribution in [3.8, 4) is 0 Å². The Labute approximate surface area is 128 Å². The molecule has 1 aliphatic rings. The van der Waals surface area contributed by atoms with Crippen molar-refractivity contribution in [3.05, 3.63) is 18.0 Å². The Balaban J connectivity index is 2.33. The van der Waals surface area contributed by atoms with Gasteiger partial charge in [0.1, 0.15) is 4.90 Å². The molecule has 1 unspecified atom stereocenters. The minimum absolute atomic E-state index is 0.164. The van der Waals surface area contributed by atoms with Gasteiger partial charge < -0.3 is 9.88 Å². The molecule has 0 saturated carbocycles. The van der Waals surface area contributed by atoms with Crippen LogP contribution in [0.25, 0.3) is 0 Å². The Kier molecular flexibility index (Phi) is 5.46. The van der Waals surface area contributed by atoms with Gasteiger partial charge in [0.25, 0.3) is 0 Å². The van der Waals surface area contributed by atoms with Crippen LogP contribution in [0.2, 0.25) is 0 Å². The van der Waals surface area contributed by atoms with Crippen LogP contribution in [0.1, 0.15) is 45.2 Å². The molecule has 120 valence electrons. The summed E-state index contributed by atoms with van der Waals surface area (Å²) in [6.07, 6.45) is 5.63. The standard InChI is InChI=1S/C15H27N3O2S/c1-4-8-17-12-15(10-14(17)11-16-3)21(19,20)18-9-6-7-13(18)5-2/h10,12-13,16H,4-9,11H2,1-3H3. The highest BCUT2D eigenvalue weighted by molar-refractivity contribution is 7.89. The van der Waals surface area contributed by atoms with Crippen LogP contribution < -0.4 is 5.32 Å². The zero-order chi connectivity index (χ0) is 15.5. The molecule has 1 saturated heterocycles. The average Bonchev–Trinajstić information content (AvgIpc) is 3.07. The lowest BCUT2D eigenvalue weighted by molar-refractivity contribution is 0.379. The van der Waals surface area contributed by atoms with Crippen LogP contribution in [-0.2, 0) is 23.1 Å². The van der Waals surface area contributed by atoms with Crippen LogP contribution in [0, 0.1) is 0 Å². The van der Waals surface area contributed by atoms with E-state index in [9.17, 15) is 8.42 Å². The second-order valence-corrected chi connectivity index (χ2v) is 7.60. The van der Waals surface area contributed by atoms with E-state index in [4.69, 9.17) is 0 Å². The fourth-order valence-electron chi connectivity index (χ4n) is 3.11. The molecule has 1 N–H and O–H groups in total. The lowest BCUT2D eigenvalue weighted by Gasteiger charge is -2.22. The summed E-state index contributed by atoms with van der Waals surface area (Å²) in [6, 6.07) is 1.99. The molecule has 6 heteroatoms. The van der Waals surface area contributed by atoms with Crippen molar-refractivity contribution in [3.63, 3.8) is 0 Å². The molecule has 0 bridgehead atoms. The number of nitrogens with zero attached hydrogens (tertiary/aromatic N) is 2. The quantitative estimate of drug-likeness (QED) is 0.839. The summed E-state index contributed by atoms with van der Waals surface area (Å²) < 4.78 is 29.5. The molecule has 2 rings (SSSR count). The molecule has 0 radical (unpaired) electrons. The third kappa shape index (κ3) is 3.33. The number of hydrogen-bond acceptors (Lipinski definition) is 3. The third-order valence-electron chi connectivity index (χ3n) is 4.18. The van der Waals surface area contributed by atoms with Crippen molar-refractivity contribution in [2.24, 2.45) is 0 Å². The molecular weight excluding hydrogens is 286 g/mol. The van der Waals surface area contributed by atoms with Gasteiger partial charge in [-0.3, -0.25) is 0 Å². The molecule has 0 amide bonds. The molecule has 1 fully saturated rings. The van der Waals surface area contributed by atoms with Crippen molar-refractivity contribution >= 4 is 10.0 Å². The first-order valence-corrected chi connectivity index (χ1v) is 9.34. The summed E-state index contributed by atoms with van der Waals surface area (Å²) in [5, 5.41) is 3.11. The van der Waals surface area contributed by atoms with Gasteiger partial charge in [-0.05, 0) is 38.8 Å². The van der Waals surface area contributed by atoms with E-state index >= 15 is 0 Å². The predicted octanol–water partition coefficient (Wildman–Crippen LogP) is 2.18. The van der Waals surface area contributed by atoms with Crippen LogP contribution in [-0.4, -0.2) is 36.9 Å². The summed E-state index contributed by atoms with van der Waals surface area (Å²) in [4.78, 5) is 0.446. The van der Waals surface area contributed by atoms with Gasteiger partial charge in [-0.1, -0.05) is 13.8 Å². The Bertz CT molecular complexity index is 542. The molecule has 0 aliphatic carbocycles. The molecule has 0 spiro atoms. The highest BCUT2D eigenvalue weighted by Gasteiger charge is 2.35. The fourth-order valence-corrected chi connectivity index (χ4v) is 4.95. The van der Waals surface area contributed by atoms with E-state index in [1.54, 1.807) is 10.5 Å². The third-order valence-corrected chi connectivity index (χ3v) is 6.10. The molecule has 1 aromatic heterocycles. The second-order valence-electron chi connectivity index (χ2n) is 5.71. The van der Waals surface area contributed by atoms with E-state index in [0.29, 0.717) is 18.0 Å². The maximum atomic E-state index is 12.9. The number of rotatable bonds is 7. The van der Waals surface area contributed by atoms with Gasteiger partial charge in [0.05, 0.1) is 0 Å². The first-order chi connectivity index (χ1) is 10.0. The topological polar surface area (TPSA) is 54.3 Å². The SMILES string of the molecule is CCCn1cc(S(=O)(=O)N2CCCC2CC)cc1CNC. The molecule has 2 heterocycles. The molecular formula is C15H27N3O2S. The monoisotopic (exact) mass is 313 g/mol. The van der Waals surface area contributed by atoms with Gasteiger partial charge in [0.15, 0.2) is 0 Å². The Hall–Kier alpha value is -0.850. The minimum atomic E-state index is -3.35. The summed E-state index contributed by atoms with van der Waals surface area (Å²) in [6.45, 7) is 6.36. The van der Waals surface area contributed by atoms with E-state index in [0.717, 1.165) is 37.9 Å². The smallest absolute Gasteiger partial charge is 0.244 e. The van der Waals surface area contributed by atoms with Gasteiger partial charge in [0, 0.05) is 37.6 Å². The summed E-state index contributed by atoms with van der Waals surface area (Å²) >= 11 is 0. The zero-order valence-corrected chi connectivity index (χ0v) is 14.1. The van der Waals surface area contributed by atoms with Gasteiger partial charge in [-0.2, -0.15) is 4.31 Å². The van der Waals surface area contributed by atoms with Gasteiger partial charge in [0.2, 0.25) is 10.0 Å². The summed E-state index contributed by atoms with van der Waals surface area (Å²) in [5.74, 6) is 0. The van der Waals surface area contributed by atoms with Gasteiger partial charge >= 0.3 is 0 Å². The second kappa shape index (κ2) is 6.94. The number of nitrogens with one attached hydrogen (secondary N) is 1. The average molecular weight is 313 g/mol. The highest BCUT2D eigenvalue weighted by Crippen LogP contribution is 2.28. The molecule has 5 nitrogen and oxygen atoms in total. The largest absolute Gasteiger partial charge is 0.349 e. The van der Waals surface area contributed by atoms with E-state index < -0.39 is 10.0 Å². The summed E-state index contributed by atoms with van der Waals surface area (Å²) in [7, 11) is -1.47. The van der Waals surface area contributed by atoms with Gasteiger partial charge in [-0.15, -0.1) is 0 Å². The van der Waals surface area contributed by atoms with Crippen molar-refractivity contribution < 1.29 is 8.42 Å². The molecule has 1 aliphatic heterocycles. The van der Waals surface area contributed by atoms with E-state index in [1.165, 1.54) is 0 Å². The highest BCUT2D eigenvalue weighted by atomic mass is 32.2. The lowest BCUT2D eigenvalue weighted by Crippen LogP contribution is -2.34. The number of sulfonamides is 1. The normalized spacial score (nSPS) is 20.2. The number of aryl methyl sites for hydroxylation is 1. The molecule has 21 heavy (non-hydrogen) atoms. The van der Waals surface area contributed by atoms with Crippen molar-refractivity contribution in [2.75, 3.05) is 13.6 Å². The molecule has 1 atom stereocenters. The van der Waals surface area contributed by atoms with Crippen molar-refractivity contribution in [1.29, 1.82) is 0 Å². The maximum Gasteiger partial charge on any atom is 0.244 e. The Morgan fingerprint density at radius 3 is 2.76 bits per heavy atom. The van der Waals surface area contributed by atoms with Crippen LogP contribution in [0.3, 0.4) is 0 Å². The van der Waals surface area contributed by atoms with Crippen LogP contribution in [0.15, 0.2) is 17.2 Å². The van der Waals surface area contributed by atoms with Crippen molar-refractivity contribution in [2.45, 2.75) is 63.6 Å². The van der Waals surface area contributed by atoms with Gasteiger partial charge in [-0.25, -0.2) is 8.42 Å².